The summed E-state index contributed by atoms with van der Waals surface area (Å²) in [7, 11) is 0. The highest BCUT2D eigenvalue weighted by Crippen LogP contribution is 2.18. The maximum Gasteiger partial charge on any atom is 0.189 e. The predicted octanol–water partition coefficient (Wildman–Crippen LogP) is 1.68. The molecule has 0 aliphatic carbocycles. The van der Waals surface area contributed by atoms with E-state index in [1.165, 1.54) is 0 Å². The molecule has 3 N–H and O–H groups in total. The average molecular weight is 271 g/mol. The number of nitrogens with zero attached hydrogens (tertiary/aromatic N) is 1. The number of aromatic nitrogens is 1. The zero-order valence-corrected chi connectivity index (χ0v) is 12.1. The fraction of sp³-hybridized carbons (Fsp3) is 0.438. The van der Waals surface area contributed by atoms with Gasteiger partial charge in [0.15, 0.2) is 5.43 Å². The van der Waals surface area contributed by atoms with Crippen LogP contribution in [0.2, 0.25) is 0 Å². The predicted molar refractivity (Wildman–Crippen MR) is 81.9 cm³/mol. The molecule has 106 valence electrons. The number of likely N-dealkylation sites (tertiary alicyclic amines) is 1. The van der Waals surface area contributed by atoms with Gasteiger partial charge in [-0.3, -0.25) is 9.69 Å². The van der Waals surface area contributed by atoms with E-state index in [1.807, 2.05) is 19.9 Å². The Labute approximate surface area is 118 Å². The van der Waals surface area contributed by atoms with Crippen molar-refractivity contribution in [2.75, 3.05) is 13.1 Å². The smallest absolute Gasteiger partial charge is 0.189 e. The molecular weight excluding hydrogens is 250 g/mol. The second kappa shape index (κ2) is 5.04. The van der Waals surface area contributed by atoms with E-state index in [1.54, 1.807) is 6.07 Å². The summed E-state index contributed by atoms with van der Waals surface area (Å²) in [5.74, 6) is 0. The Hall–Kier alpha value is -1.65. The van der Waals surface area contributed by atoms with Crippen LogP contribution in [0.5, 0.6) is 0 Å². The highest BCUT2D eigenvalue weighted by Gasteiger charge is 2.19. The summed E-state index contributed by atoms with van der Waals surface area (Å²) in [4.78, 5) is 18.1. The first-order chi connectivity index (χ1) is 9.54. The van der Waals surface area contributed by atoms with Gasteiger partial charge in [0.05, 0.1) is 5.52 Å². The Bertz CT molecular complexity index is 705. The molecule has 2 heterocycles. The van der Waals surface area contributed by atoms with Gasteiger partial charge in [0.2, 0.25) is 0 Å². The molecule has 20 heavy (non-hydrogen) atoms. The number of H-pyrrole nitrogens is 1. The van der Waals surface area contributed by atoms with Crippen molar-refractivity contribution in [3.8, 4) is 0 Å². The number of pyridine rings is 1. The lowest BCUT2D eigenvalue weighted by Gasteiger charge is -2.16. The van der Waals surface area contributed by atoms with Gasteiger partial charge in [0.1, 0.15) is 0 Å². The summed E-state index contributed by atoms with van der Waals surface area (Å²) in [6, 6.07) is 6.07. The van der Waals surface area contributed by atoms with Crippen LogP contribution in [0.15, 0.2) is 23.0 Å². The minimum atomic E-state index is 0.110. The van der Waals surface area contributed by atoms with Gasteiger partial charge in [-0.25, -0.2) is 0 Å². The lowest BCUT2D eigenvalue weighted by molar-refractivity contribution is 0.323. The van der Waals surface area contributed by atoms with E-state index in [0.717, 1.165) is 53.8 Å². The van der Waals surface area contributed by atoms with Crippen molar-refractivity contribution >= 4 is 10.9 Å². The summed E-state index contributed by atoms with van der Waals surface area (Å²) >= 11 is 0. The van der Waals surface area contributed by atoms with Crippen molar-refractivity contribution in [3.63, 3.8) is 0 Å². The third-order valence-corrected chi connectivity index (χ3v) is 4.16. The van der Waals surface area contributed by atoms with Crippen LogP contribution in [-0.2, 0) is 6.54 Å². The number of nitrogens with two attached hydrogens (primary N) is 1. The lowest BCUT2D eigenvalue weighted by Crippen LogP contribution is -2.27. The number of benzene rings is 1. The van der Waals surface area contributed by atoms with Gasteiger partial charge in [0.25, 0.3) is 0 Å². The van der Waals surface area contributed by atoms with E-state index in [-0.39, 0.29) is 11.5 Å². The molecule has 0 radical (unpaired) electrons. The Morgan fingerprint density at radius 2 is 2.10 bits per heavy atom. The van der Waals surface area contributed by atoms with E-state index in [0.29, 0.717) is 0 Å². The van der Waals surface area contributed by atoms with Gasteiger partial charge in [0, 0.05) is 42.8 Å². The van der Waals surface area contributed by atoms with E-state index in [2.05, 4.69) is 16.0 Å². The van der Waals surface area contributed by atoms with Crippen molar-refractivity contribution in [3.05, 3.63) is 45.2 Å². The molecule has 0 bridgehead atoms. The summed E-state index contributed by atoms with van der Waals surface area (Å²) in [5, 5.41) is 0.812. The highest BCUT2D eigenvalue weighted by molar-refractivity contribution is 5.84. The molecule has 1 aliphatic rings. The number of fused-ring (bicyclic) bond motifs is 1. The van der Waals surface area contributed by atoms with Crippen LogP contribution in [0.3, 0.4) is 0 Å². The first kappa shape index (κ1) is 13.3. The first-order valence-electron chi connectivity index (χ1n) is 7.14. The van der Waals surface area contributed by atoms with Gasteiger partial charge in [-0.2, -0.15) is 0 Å². The summed E-state index contributed by atoms with van der Waals surface area (Å²) in [6.07, 6.45) is 1.04. The van der Waals surface area contributed by atoms with E-state index in [9.17, 15) is 4.79 Å². The Balaban J connectivity index is 2.01. The van der Waals surface area contributed by atoms with Gasteiger partial charge in [-0.05, 0) is 31.4 Å². The second-order valence-corrected chi connectivity index (χ2v) is 5.89. The maximum atomic E-state index is 12.3. The molecule has 0 spiro atoms. The number of aryl methyl sites for hydroxylation is 2. The fourth-order valence-corrected chi connectivity index (χ4v) is 3.05. The van der Waals surface area contributed by atoms with Crippen LogP contribution in [-0.4, -0.2) is 29.0 Å². The molecule has 0 unspecified atom stereocenters. The van der Waals surface area contributed by atoms with Crippen LogP contribution in [0, 0.1) is 13.8 Å². The SMILES string of the molecule is Cc1ccc(C)c2c(=O)cc(CN3CC[C@@H](N)C3)[nH]c12. The van der Waals surface area contributed by atoms with Gasteiger partial charge < -0.3 is 10.7 Å². The van der Waals surface area contributed by atoms with Crippen LogP contribution in [0.25, 0.3) is 10.9 Å². The van der Waals surface area contributed by atoms with Crippen molar-refractivity contribution in [2.24, 2.45) is 5.73 Å². The van der Waals surface area contributed by atoms with Crippen molar-refractivity contribution in [2.45, 2.75) is 32.9 Å². The van der Waals surface area contributed by atoms with Crippen molar-refractivity contribution in [1.82, 2.24) is 9.88 Å². The molecule has 4 nitrogen and oxygen atoms in total. The van der Waals surface area contributed by atoms with Gasteiger partial charge >= 0.3 is 0 Å². The molecule has 3 rings (SSSR count). The highest BCUT2D eigenvalue weighted by atomic mass is 16.1. The number of aromatic amines is 1. The molecule has 2 aromatic rings. The van der Waals surface area contributed by atoms with Crippen molar-refractivity contribution in [1.29, 1.82) is 0 Å². The van der Waals surface area contributed by atoms with Crippen LogP contribution in [0.1, 0.15) is 23.2 Å². The molecule has 1 fully saturated rings. The fourth-order valence-electron chi connectivity index (χ4n) is 3.05. The molecule has 0 amide bonds. The molecule has 1 saturated heterocycles. The van der Waals surface area contributed by atoms with E-state index < -0.39 is 0 Å². The van der Waals surface area contributed by atoms with Crippen molar-refractivity contribution < 1.29 is 0 Å². The Morgan fingerprint density at radius 3 is 2.80 bits per heavy atom. The van der Waals surface area contributed by atoms with E-state index in [4.69, 9.17) is 5.73 Å². The topological polar surface area (TPSA) is 62.1 Å². The zero-order valence-electron chi connectivity index (χ0n) is 12.1. The molecule has 1 atom stereocenters. The Morgan fingerprint density at radius 1 is 1.35 bits per heavy atom. The molecular formula is C16H21N3O. The van der Waals surface area contributed by atoms with Crippen LogP contribution in [0.4, 0.5) is 0 Å². The maximum absolute atomic E-state index is 12.3. The summed E-state index contributed by atoms with van der Waals surface area (Å²) in [6.45, 7) is 6.70. The largest absolute Gasteiger partial charge is 0.357 e. The van der Waals surface area contributed by atoms with Crippen LogP contribution < -0.4 is 11.2 Å². The lowest BCUT2D eigenvalue weighted by atomic mass is 10.0. The number of nitrogens with one attached hydrogen (secondary N) is 1. The van der Waals surface area contributed by atoms with E-state index >= 15 is 0 Å². The third-order valence-electron chi connectivity index (χ3n) is 4.16. The summed E-state index contributed by atoms with van der Waals surface area (Å²) in [5.41, 5.74) is 10.1. The average Bonchev–Trinajstić information content (AvgIpc) is 2.79. The van der Waals surface area contributed by atoms with Gasteiger partial charge in [-0.1, -0.05) is 12.1 Å². The minimum absolute atomic E-state index is 0.110. The number of rotatable bonds is 2. The van der Waals surface area contributed by atoms with Crippen LogP contribution >= 0.6 is 0 Å². The first-order valence-corrected chi connectivity index (χ1v) is 7.14. The Kier molecular flexibility index (Phi) is 3.36. The monoisotopic (exact) mass is 271 g/mol. The van der Waals surface area contributed by atoms with Gasteiger partial charge in [-0.15, -0.1) is 0 Å². The zero-order chi connectivity index (χ0) is 14.3. The molecule has 4 heteroatoms. The summed E-state index contributed by atoms with van der Waals surface area (Å²) < 4.78 is 0. The number of hydrogen-bond donors (Lipinski definition) is 2. The quantitative estimate of drug-likeness (QED) is 0.873. The normalized spacial score (nSPS) is 19.9. The molecule has 0 saturated carbocycles. The number of hydrogen-bond acceptors (Lipinski definition) is 3. The third kappa shape index (κ3) is 2.37. The molecule has 1 aromatic heterocycles. The molecule has 1 aromatic carbocycles. The minimum Gasteiger partial charge on any atom is -0.357 e. The second-order valence-electron chi connectivity index (χ2n) is 5.89. The standard InChI is InChI=1S/C16H21N3O/c1-10-3-4-11(2)16-15(10)14(20)7-13(18-16)9-19-6-5-12(17)8-19/h3-4,7,12H,5-6,8-9,17H2,1-2H3,(H,18,20)/t12-/m1/s1. The molecule has 1 aliphatic heterocycles.